The molecule has 1 amide bonds. The number of rotatable bonds is 3. The van der Waals surface area contributed by atoms with Crippen molar-refractivity contribution in [2.75, 3.05) is 13.4 Å². The van der Waals surface area contributed by atoms with E-state index in [0.29, 0.717) is 0 Å². The minimum absolute atomic E-state index is 0.173. The molecular weight excluding hydrogens is 267 g/mol. The maximum absolute atomic E-state index is 13.2. The van der Waals surface area contributed by atoms with E-state index in [4.69, 9.17) is 4.74 Å². The molecule has 3 nitrogen and oxygen atoms in total. The van der Waals surface area contributed by atoms with Gasteiger partial charge in [-0.1, -0.05) is 11.9 Å². The van der Waals surface area contributed by atoms with E-state index >= 15 is 0 Å². The molecule has 0 radical (unpaired) electrons. The second-order valence-corrected chi connectivity index (χ2v) is 4.50. The van der Waals surface area contributed by atoms with Crippen molar-refractivity contribution in [1.29, 1.82) is 0 Å². The Morgan fingerprint density at radius 2 is 1.83 bits per heavy atom. The molecule has 98 valence electrons. The first-order valence-electron chi connectivity index (χ1n) is 5.05. The topological polar surface area (TPSA) is 29.5 Å². The molecule has 0 bridgehead atoms. The van der Waals surface area contributed by atoms with E-state index in [9.17, 15) is 18.0 Å². The molecule has 0 spiro atoms. The van der Waals surface area contributed by atoms with Crippen molar-refractivity contribution >= 4 is 17.9 Å². The van der Waals surface area contributed by atoms with E-state index in [1.165, 1.54) is 11.4 Å². The predicted octanol–water partition coefficient (Wildman–Crippen LogP) is 2.28. The Morgan fingerprint density at radius 3 is 2.28 bits per heavy atom. The summed E-state index contributed by atoms with van der Waals surface area (Å²) in [6, 6.07) is 1.15. The van der Waals surface area contributed by atoms with E-state index in [2.05, 4.69) is 0 Å². The fourth-order valence-electron chi connectivity index (χ4n) is 1.93. The highest BCUT2D eigenvalue weighted by Gasteiger charge is 2.49. The lowest BCUT2D eigenvalue weighted by Gasteiger charge is -2.44. The summed E-state index contributed by atoms with van der Waals surface area (Å²) in [6.45, 7) is 0. The number of carbonyl (C=O) groups is 1. The van der Waals surface area contributed by atoms with E-state index < -0.39 is 29.6 Å². The largest absolute Gasteiger partial charge is 0.369 e. The van der Waals surface area contributed by atoms with Crippen LogP contribution in [0.3, 0.4) is 0 Å². The number of ether oxygens (including phenoxy) is 1. The Balaban J connectivity index is 2.39. The summed E-state index contributed by atoms with van der Waals surface area (Å²) in [5, 5.41) is 0. The number of amides is 1. The van der Waals surface area contributed by atoms with Gasteiger partial charge in [0.25, 0.3) is 5.91 Å². The summed E-state index contributed by atoms with van der Waals surface area (Å²) >= 11 is 1.12. The third-order valence-electron chi connectivity index (χ3n) is 2.80. The molecular formula is C11H10F3NO2S. The van der Waals surface area contributed by atoms with Crippen LogP contribution in [0.4, 0.5) is 13.2 Å². The SMILES string of the molecule is CO[C@H]1C(=O)N(SC)[C@H]1c1cc(F)c(F)c(F)c1. The van der Waals surface area contributed by atoms with Crippen molar-refractivity contribution in [3.8, 4) is 0 Å². The monoisotopic (exact) mass is 277 g/mol. The molecule has 1 saturated heterocycles. The van der Waals surface area contributed by atoms with Crippen LogP contribution in [0.2, 0.25) is 0 Å². The van der Waals surface area contributed by atoms with Crippen LogP contribution in [0.15, 0.2) is 12.1 Å². The van der Waals surface area contributed by atoms with Crippen LogP contribution in [0.25, 0.3) is 0 Å². The predicted molar refractivity (Wildman–Crippen MR) is 60.2 cm³/mol. The molecule has 0 N–H and O–H groups in total. The Hall–Kier alpha value is -1.21. The molecule has 0 saturated carbocycles. The fourth-order valence-corrected chi connectivity index (χ4v) is 2.67. The van der Waals surface area contributed by atoms with Crippen LogP contribution >= 0.6 is 11.9 Å². The van der Waals surface area contributed by atoms with Crippen molar-refractivity contribution in [2.24, 2.45) is 0 Å². The van der Waals surface area contributed by atoms with Gasteiger partial charge in [0.05, 0.1) is 0 Å². The van der Waals surface area contributed by atoms with Gasteiger partial charge < -0.3 is 4.74 Å². The summed E-state index contributed by atoms with van der Waals surface area (Å²) in [5.74, 6) is -4.35. The number of halogens is 3. The molecule has 1 aromatic rings. The molecule has 1 aromatic carbocycles. The van der Waals surface area contributed by atoms with Gasteiger partial charge in [0, 0.05) is 13.4 Å². The Kier molecular flexibility index (Phi) is 3.54. The number of β-lactam (4-membered cyclic amide) rings is 1. The number of methoxy groups -OCH3 is 1. The molecule has 18 heavy (non-hydrogen) atoms. The van der Waals surface area contributed by atoms with Crippen LogP contribution in [-0.2, 0) is 9.53 Å². The summed E-state index contributed by atoms with van der Waals surface area (Å²) in [6.07, 6.45) is 0.870. The maximum Gasteiger partial charge on any atom is 0.264 e. The third-order valence-corrected chi connectivity index (χ3v) is 3.60. The number of hydrogen-bond donors (Lipinski definition) is 0. The van der Waals surface area contributed by atoms with Crippen molar-refractivity contribution in [3.63, 3.8) is 0 Å². The molecule has 0 aliphatic carbocycles. The molecule has 1 aliphatic rings. The van der Waals surface area contributed by atoms with Crippen molar-refractivity contribution < 1.29 is 22.7 Å². The molecule has 7 heteroatoms. The lowest BCUT2D eigenvalue weighted by atomic mass is 9.93. The Bertz CT molecular complexity index is 460. The van der Waals surface area contributed by atoms with E-state index in [1.54, 1.807) is 6.26 Å². The molecule has 1 fully saturated rings. The van der Waals surface area contributed by atoms with Crippen LogP contribution < -0.4 is 0 Å². The second kappa shape index (κ2) is 4.81. The van der Waals surface area contributed by atoms with E-state index in [-0.39, 0.29) is 11.5 Å². The Labute approximate surface area is 106 Å². The van der Waals surface area contributed by atoms with Gasteiger partial charge in [-0.3, -0.25) is 9.10 Å². The number of nitrogens with zero attached hydrogens (tertiary/aromatic N) is 1. The van der Waals surface area contributed by atoms with Gasteiger partial charge in [0.15, 0.2) is 23.6 Å². The summed E-state index contributed by atoms with van der Waals surface area (Å²) in [4.78, 5) is 11.6. The fraction of sp³-hybridized carbons (Fsp3) is 0.364. The third kappa shape index (κ3) is 1.87. The molecule has 0 aromatic heterocycles. The van der Waals surface area contributed by atoms with Gasteiger partial charge in [-0.25, -0.2) is 13.2 Å². The van der Waals surface area contributed by atoms with Gasteiger partial charge >= 0.3 is 0 Å². The zero-order valence-electron chi connectivity index (χ0n) is 9.62. The molecule has 2 atom stereocenters. The van der Waals surface area contributed by atoms with Crippen LogP contribution in [0.1, 0.15) is 11.6 Å². The van der Waals surface area contributed by atoms with Crippen molar-refractivity contribution in [2.45, 2.75) is 12.1 Å². The highest BCUT2D eigenvalue weighted by molar-refractivity contribution is 7.96. The highest BCUT2D eigenvalue weighted by atomic mass is 32.2. The number of benzene rings is 1. The summed E-state index contributed by atoms with van der Waals surface area (Å²) < 4.78 is 45.5. The number of hydrogen-bond acceptors (Lipinski definition) is 3. The van der Waals surface area contributed by atoms with Crippen molar-refractivity contribution in [3.05, 3.63) is 35.1 Å². The normalized spacial score (nSPS) is 23.2. The van der Waals surface area contributed by atoms with Gasteiger partial charge in [-0.15, -0.1) is 0 Å². The van der Waals surface area contributed by atoms with Crippen LogP contribution in [-0.4, -0.2) is 29.7 Å². The average Bonchev–Trinajstić information content (AvgIpc) is 2.33. The molecule has 1 heterocycles. The number of carbonyl (C=O) groups excluding carboxylic acids is 1. The minimum Gasteiger partial charge on any atom is -0.369 e. The standard InChI is InChI=1S/C11H10F3NO2S/c1-17-10-9(15(18-2)11(10)16)5-3-6(12)8(14)7(13)4-5/h3-4,9-10H,1-2H3/t9-,10+/m0/s1. The van der Waals surface area contributed by atoms with Gasteiger partial charge in [0.1, 0.15) is 6.04 Å². The lowest BCUT2D eigenvalue weighted by Crippen LogP contribution is -2.56. The van der Waals surface area contributed by atoms with Gasteiger partial charge in [-0.05, 0) is 17.7 Å². The lowest BCUT2D eigenvalue weighted by molar-refractivity contribution is -0.158. The zero-order valence-corrected chi connectivity index (χ0v) is 10.4. The summed E-state index contributed by atoms with van der Waals surface area (Å²) in [7, 11) is 1.34. The van der Waals surface area contributed by atoms with Crippen LogP contribution in [0, 0.1) is 17.5 Å². The first kappa shape index (κ1) is 13.2. The first-order chi connectivity index (χ1) is 8.51. The highest BCUT2D eigenvalue weighted by Crippen LogP contribution is 2.41. The average molecular weight is 277 g/mol. The minimum atomic E-state index is -1.52. The Morgan fingerprint density at radius 1 is 1.28 bits per heavy atom. The quantitative estimate of drug-likeness (QED) is 0.482. The van der Waals surface area contributed by atoms with E-state index in [0.717, 1.165) is 24.1 Å². The van der Waals surface area contributed by atoms with Crippen LogP contribution in [0.5, 0.6) is 0 Å². The molecule has 0 unspecified atom stereocenters. The molecule has 1 aliphatic heterocycles. The maximum atomic E-state index is 13.2. The van der Waals surface area contributed by atoms with E-state index in [1.807, 2.05) is 0 Å². The second-order valence-electron chi connectivity index (χ2n) is 3.75. The first-order valence-corrected chi connectivity index (χ1v) is 6.23. The summed E-state index contributed by atoms with van der Waals surface area (Å²) in [5.41, 5.74) is 0.173. The smallest absolute Gasteiger partial charge is 0.264 e. The van der Waals surface area contributed by atoms with Gasteiger partial charge in [0.2, 0.25) is 0 Å². The molecule has 2 rings (SSSR count). The van der Waals surface area contributed by atoms with Gasteiger partial charge in [-0.2, -0.15) is 0 Å². The van der Waals surface area contributed by atoms with Crippen molar-refractivity contribution in [1.82, 2.24) is 4.31 Å². The zero-order chi connectivity index (χ0) is 13.4.